The molecule has 2 rings (SSSR count). The Morgan fingerprint density at radius 1 is 1.15 bits per heavy atom. The lowest BCUT2D eigenvalue weighted by molar-refractivity contribution is 0.296. The predicted octanol–water partition coefficient (Wildman–Crippen LogP) is 1.48. The molecule has 0 saturated carbocycles. The summed E-state index contributed by atoms with van der Waals surface area (Å²) in [6.07, 6.45) is 1.11. The lowest BCUT2D eigenvalue weighted by Crippen LogP contribution is -2.44. The zero-order valence-corrected chi connectivity index (χ0v) is 11.7. The van der Waals surface area contributed by atoms with Crippen LogP contribution in [0.1, 0.15) is 12.8 Å². The van der Waals surface area contributed by atoms with Crippen molar-refractivity contribution in [1.82, 2.24) is 9.62 Å². The third kappa shape index (κ3) is 2.82. The summed E-state index contributed by atoms with van der Waals surface area (Å²) in [6.45, 7) is 0.341. The van der Waals surface area contributed by atoms with Crippen LogP contribution in [0.3, 0.4) is 0 Å². The smallest absolute Gasteiger partial charge is 0.248 e. The fourth-order valence-corrected chi connectivity index (χ4v) is 3.85. The average Bonchev–Trinajstić information content (AvgIpc) is 2.37. The molecule has 0 radical (unpaired) electrons. The molecule has 1 aromatic rings. The Morgan fingerprint density at radius 3 is 2.10 bits per heavy atom. The Balaban J connectivity index is 2.32. The summed E-state index contributed by atoms with van der Waals surface area (Å²) < 4.78 is 65.6. The third-order valence-corrected chi connectivity index (χ3v) is 5.37. The van der Waals surface area contributed by atoms with Crippen LogP contribution >= 0.6 is 0 Å². The van der Waals surface area contributed by atoms with Crippen LogP contribution in [-0.4, -0.2) is 38.9 Å². The molecule has 0 spiro atoms. The number of hydrogen-bond donors (Lipinski definition) is 1. The first-order valence-corrected chi connectivity index (χ1v) is 7.62. The van der Waals surface area contributed by atoms with Crippen LogP contribution < -0.4 is 5.32 Å². The van der Waals surface area contributed by atoms with Crippen LogP contribution in [0.15, 0.2) is 17.0 Å². The van der Waals surface area contributed by atoms with Gasteiger partial charge in [-0.3, -0.25) is 0 Å². The summed E-state index contributed by atoms with van der Waals surface area (Å²) in [5.74, 6) is -3.95. The Hall–Kier alpha value is -1.12. The molecule has 8 heteroatoms. The number of sulfonamides is 1. The second kappa shape index (κ2) is 5.71. The van der Waals surface area contributed by atoms with Gasteiger partial charge in [0.2, 0.25) is 10.0 Å². The van der Waals surface area contributed by atoms with E-state index in [1.165, 1.54) is 0 Å². The van der Waals surface area contributed by atoms with E-state index < -0.39 is 32.4 Å². The van der Waals surface area contributed by atoms with Crippen molar-refractivity contribution < 1.29 is 21.6 Å². The summed E-state index contributed by atoms with van der Waals surface area (Å²) >= 11 is 0. The fourth-order valence-electron chi connectivity index (χ4n) is 2.29. The quantitative estimate of drug-likeness (QED) is 0.920. The van der Waals surface area contributed by atoms with Gasteiger partial charge < -0.3 is 5.32 Å². The average molecular weight is 308 g/mol. The van der Waals surface area contributed by atoms with Gasteiger partial charge in [0.05, 0.1) is 0 Å². The van der Waals surface area contributed by atoms with Gasteiger partial charge in [-0.1, -0.05) is 0 Å². The Labute approximate surface area is 115 Å². The molecule has 0 unspecified atom stereocenters. The van der Waals surface area contributed by atoms with Crippen molar-refractivity contribution in [3.63, 3.8) is 0 Å². The number of nitrogens with one attached hydrogen (secondary N) is 1. The largest absolute Gasteiger partial charge is 0.317 e. The summed E-state index contributed by atoms with van der Waals surface area (Å²) in [5.41, 5.74) is 0. The molecular formula is C12H15F3N2O2S. The zero-order valence-electron chi connectivity index (χ0n) is 10.9. The van der Waals surface area contributed by atoms with Gasteiger partial charge in [-0.2, -0.15) is 4.31 Å². The second-order valence-corrected chi connectivity index (χ2v) is 6.54. The van der Waals surface area contributed by atoms with Crippen LogP contribution in [-0.2, 0) is 10.0 Å². The molecule has 0 amide bonds. The maximum Gasteiger partial charge on any atom is 0.248 e. The van der Waals surface area contributed by atoms with E-state index in [9.17, 15) is 21.6 Å². The molecule has 0 aromatic heterocycles. The highest BCUT2D eigenvalue weighted by molar-refractivity contribution is 7.89. The van der Waals surface area contributed by atoms with E-state index in [1.807, 2.05) is 0 Å². The summed E-state index contributed by atoms with van der Waals surface area (Å²) in [7, 11) is -2.51. The minimum atomic E-state index is -4.28. The van der Waals surface area contributed by atoms with E-state index in [-0.39, 0.29) is 19.1 Å². The fraction of sp³-hybridized carbons (Fsp3) is 0.500. The van der Waals surface area contributed by atoms with Gasteiger partial charge in [-0.25, -0.2) is 21.6 Å². The molecule has 1 aromatic carbocycles. The molecule has 1 fully saturated rings. The molecule has 1 N–H and O–H groups in total. The lowest BCUT2D eigenvalue weighted by Gasteiger charge is -2.31. The van der Waals surface area contributed by atoms with Crippen molar-refractivity contribution in [2.45, 2.75) is 23.8 Å². The second-order valence-electron chi connectivity index (χ2n) is 4.67. The number of halogens is 3. The Morgan fingerprint density at radius 2 is 1.65 bits per heavy atom. The maximum absolute atomic E-state index is 13.6. The topological polar surface area (TPSA) is 49.4 Å². The third-order valence-electron chi connectivity index (χ3n) is 3.42. The van der Waals surface area contributed by atoms with E-state index in [0.717, 1.165) is 4.31 Å². The summed E-state index contributed by atoms with van der Waals surface area (Å²) in [4.78, 5) is -1.08. The van der Waals surface area contributed by atoms with Crippen molar-refractivity contribution in [2.24, 2.45) is 0 Å². The number of piperidine rings is 1. The maximum atomic E-state index is 13.6. The van der Waals surface area contributed by atoms with E-state index in [0.29, 0.717) is 25.0 Å². The molecule has 0 atom stereocenters. The first-order chi connectivity index (χ1) is 9.36. The Kier molecular flexibility index (Phi) is 4.36. The van der Waals surface area contributed by atoms with Gasteiger partial charge in [0.1, 0.15) is 17.5 Å². The van der Waals surface area contributed by atoms with E-state index in [2.05, 4.69) is 5.32 Å². The molecule has 0 bridgehead atoms. The number of hydrogen-bond acceptors (Lipinski definition) is 3. The van der Waals surface area contributed by atoms with E-state index in [4.69, 9.17) is 0 Å². The highest BCUT2D eigenvalue weighted by Crippen LogP contribution is 2.26. The van der Waals surface area contributed by atoms with Crippen molar-refractivity contribution in [1.29, 1.82) is 0 Å². The van der Waals surface area contributed by atoms with Crippen molar-refractivity contribution >= 4 is 10.0 Å². The van der Waals surface area contributed by atoms with Crippen molar-refractivity contribution in [2.75, 3.05) is 20.1 Å². The minimum Gasteiger partial charge on any atom is -0.317 e. The molecule has 1 aliphatic rings. The summed E-state index contributed by atoms with van der Waals surface area (Å²) in [5, 5.41) is 3.03. The van der Waals surface area contributed by atoms with Crippen molar-refractivity contribution in [3.05, 3.63) is 29.6 Å². The van der Waals surface area contributed by atoms with Crippen LogP contribution in [0.4, 0.5) is 13.2 Å². The van der Waals surface area contributed by atoms with E-state index in [1.54, 1.807) is 7.05 Å². The number of rotatable bonds is 3. The number of nitrogens with zero attached hydrogens (tertiary/aromatic N) is 1. The predicted molar refractivity (Wildman–Crippen MR) is 67.2 cm³/mol. The van der Waals surface area contributed by atoms with Crippen molar-refractivity contribution in [3.8, 4) is 0 Å². The first kappa shape index (κ1) is 15.3. The van der Waals surface area contributed by atoms with Crippen LogP contribution in [0, 0.1) is 17.5 Å². The van der Waals surface area contributed by atoms with Crippen LogP contribution in [0.25, 0.3) is 0 Å². The number of benzene rings is 1. The van der Waals surface area contributed by atoms with Gasteiger partial charge in [0.25, 0.3) is 0 Å². The molecular weight excluding hydrogens is 293 g/mol. The van der Waals surface area contributed by atoms with Gasteiger partial charge >= 0.3 is 0 Å². The zero-order chi connectivity index (χ0) is 14.9. The monoisotopic (exact) mass is 308 g/mol. The molecule has 4 nitrogen and oxygen atoms in total. The minimum absolute atomic E-state index is 0.171. The first-order valence-electron chi connectivity index (χ1n) is 6.18. The molecule has 20 heavy (non-hydrogen) atoms. The van der Waals surface area contributed by atoms with Gasteiger partial charge in [-0.05, 0) is 19.9 Å². The van der Waals surface area contributed by atoms with Gasteiger partial charge in [-0.15, -0.1) is 0 Å². The normalized spacial score (nSPS) is 18.4. The Bertz CT molecular complexity index is 576. The molecule has 112 valence electrons. The van der Waals surface area contributed by atoms with Gasteiger partial charge in [0.15, 0.2) is 4.90 Å². The SMILES string of the molecule is CNC1CCN(S(=O)(=O)c2c(F)cc(F)cc2F)CC1. The molecule has 0 aliphatic carbocycles. The lowest BCUT2D eigenvalue weighted by atomic mass is 10.1. The summed E-state index contributed by atoms with van der Waals surface area (Å²) in [6, 6.07) is 0.927. The molecule has 1 aliphatic heterocycles. The molecule has 1 saturated heterocycles. The van der Waals surface area contributed by atoms with Crippen LogP contribution in [0.5, 0.6) is 0 Å². The molecule has 1 heterocycles. The van der Waals surface area contributed by atoms with Gasteiger partial charge in [0, 0.05) is 31.3 Å². The highest BCUT2D eigenvalue weighted by Gasteiger charge is 2.33. The van der Waals surface area contributed by atoms with Crippen LogP contribution in [0.2, 0.25) is 0 Å². The van der Waals surface area contributed by atoms with E-state index >= 15 is 0 Å². The standard InChI is InChI=1S/C12H15F3N2O2S/c1-16-9-2-4-17(5-3-9)20(18,19)12-10(14)6-8(13)7-11(12)15/h6-7,9,16H,2-5H2,1H3. The highest BCUT2D eigenvalue weighted by atomic mass is 32.2.